The number of halogens is 1. The van der Waals surface area contributed by atoms with Gasteiger partial charge in [-0.1, -0.05) is 6.92 Å². The molecular weight excluding hydrogens is 233 g/mol. The minimum absolute atomic E-state index is 0.158. The van der Waals surface area contributed by atoms with Gasteiger partial charge >= 0.3 is 0 Å². The van der Waals surface area contributed by atoms with Crippen molar-refractivity contribution in [2.45, 2.75) is 45.8 Å². The van der Waals surface area contributed by atoms with E-state index in [-0.39, 0.29) is 17.3 Å². The van der Waals surface area contributed by atoms with Crippen LogP contribution in [0.3, 0.4) is 0 Å². The Morgan fingerprint density at radius 3 is 2.33 bits per heavy atom. The van der Waals surface area contributed by atoms with Gasteiger partial charge in [0.2, 0.25) is 0 Å². The van der Waals surface area contributed by atoms with Crippen LogP contribution in [0, 0.1) is 5.82 Å². The van der Waals surface area contributed by atoms with E-state index in [1.807, 2.05) is 27.7 Å². The summed E-state index contributed by atoms with van der Waals surface area (Å²) in [5, 5.41) is 2.86. The second kappa shape index (κ2) is 5.85. The van der Waals surface area contributed by atoms with Crippen molar-refractivity contribution < 1.29 is 13.9 Å². The molecule has 1 N–H and O–H groups in total. The number of nitrogens with one attached hydrogen (secondary N) is 1. The zero-order chi connectivity index (χ0) is 13.8. The Hall–Kier alpha value is -1.58. The highest BCUT2D eigenvalue weighted by molar-refractivity contribution is 5.81. The van der Waals surface area contributed by atoms with E-state index in [1.54, 1.807) is 0 Å². The van der Waals surface area contributed by atoms with Crippen LogP contribution in [0.4, 0.5) is 4.39 Å². The van der Waals surface area contributed by atoms with E-state index in [9.17, 15) is 9.18 Å². The molecule has 1 rings (SSSR count). The SMILES string of the molecule is CCC(Oc1ccc(F)cc1)C(=O)NC(C)(C)C. The minimum Gasteiger partial charge on any atom is -0.481 e. The molecule has 0 bridgehead atoms. The van der Waals surface area contributed by atoms with Crippen molar-refractivity contribution in [1.82, 2.24) is 5.32 Å². The van der Waals surface area contributed by atoms with Crippen LogP contribution < -0.4 is 10.1 Å². The lowest BCUT2D eigenvalue weighted by atomic mass is 10.1. The summed E-state index contributed by atoms with van der Waals surface area (Å²) >= 11 is 0. The van der Waals surface area contributed by atoms with E-state index in [0.717, 1.165) is 0 Å². The van der Waals surface area contributed by atoms with Crippen LogP contribution in [0.5, 0.6) is 5.75 Å². The fourth-order valence-electron chi connectivity index (χ4n) is 1.45. The summed E-state index contributed by atoms with van der Waals surface area (Å²) in [6.45, 7) is 7.61. The van der Waals surface area contributed by atoms with Crippen LogP contribution in [0.15, 0.2) is 24.3 Å². The topological polar surface area (TPSA) is 38.3 Å². The summed E-state index contributed by atoms with van der Waals surface area (Å²) < 4.78 is 18.3. The largest absolute Gasteiger partial charge is 0.481 e. The Morgan fingerprint density at radius 2 is 1.89 bits per heavy atom. The molecule has 1 aromatic rings. The number of carbonyl (C=O) groups is 1. The van der Waals surface area contributed by atoms with E-state index in [0.29, 0.717) is 12.2 Å². The standard InChI is InChI=1S/C14H20FNO2/c1-5-12(13(17)16-14(2,3)4)18-11-8-6-10(15)7-9-11/h6-9,12H,5H2,1-4H3,(H,16,17). The summed E-state index contributed by atoms with van der Waals surface area (Å²) in [6.07, 6.45) is -0.00562. The number of amides is 1. The van der Waals surface area contributed by atoms with Crippen molar-refractivity contribution in [3.63, 3.8) is 0 Å². The predicted octanol–water partition coefficient (Wildman–Crippen LogP) is 2.90. The third kappa shape index (κ3) is 4.73. The highest BCUT2D eigenvalue weighted by atomic mass is 19.1. The van der Waals surface area contributed by atoms with Crippen molar-refractivity contribution in [2.24, 2.45) is 0 Å². The van der Waals surface area contributed by atoms with Crippen LogP contribution in [0.25, 0.3) is 0 Å². The molecule has 1 atom stereocenters. The van der Waals surface area contributed by atoms with Crippen molar-refractivity contribution in [2.75, 3.05) is 0 Å². The quantitative estimate of drug-likeness (QED) is 0.896. The monoisotopic (exact) mass is 253 g/mol. The first-order chi connectivity index (χ1) is 8.31. The first kappa shape index (κ1) is 14.5. The molecule has 1 aromatic carbocycles. The Labute approximate surface area is 107 Å². The van der Waals surface area contributed by atoms with Crippen molar-refractivity contribution in [1.29, 1.82) is 0 Å². The summed E-state index contributed by atoms with van der Waals surface area (Å²) in [5.41, 5.74) is -0.295. The van der Waals surface area contributed by atoms with Gasteiger partial charge in [-0.2, -0.15) is 0 Å². The molecule has 0 heterocycles. The Morgan fingerprint density at radius 1 is 1.33 bits per heavy atom. The molecule has 4 heteroatoms. The first-order valence-electron chi connectivity index (χ1n) is 6.06. The van der Waals surface area contributed by atoms with Crippen molar-refractivity contribution >= 4 is 5.91 Å². The van der Waals surface area contributed by atoms with Gasteiger partial charge in [-0.25, -0.2) is 4.39 Å². The number of hydrogen-bond donors (Lipinski definition) is 1. The van der Waals surface area contributed by atoms with E-state index in [2.05, 4.69) is 5.32 Å². The summed E-state index contributed by atoms with van der Waals surface area (Å²) in [5.74, 6) is 0.0103. The molecular formula is C14H20FNO2. The van der Waals surface area contributed by atoms with Gasteiger partial charge in [-0.15, -0.1) is 0 Å². The van der Waals surface area contributed by atoms with Crippen LogP contribution in [-0.4, -0.2) is 17.6 Å². The molecule has 0 radical (unpaired) electrons. The molecule has 0 saturated carbocycles. The molecule has 0 spiro atoms. The van der Waals surface area contributed by atoms with Gasteiger partial charge in [-0.3, -0.25) is 4.79 Å². The average Bonchev–Trinajstić information content (AvgIpc) is 2.25. The van der Waals surface area contributed by atoms with Gasteiger partial charge in [0.25, 0.3) is 5.91 Å². The zero-order valence-corrected chi connectivity index (χ0v) is 11.3. The van der Waals surface area contributed by atoms with E-state index >= 15 is 0 Å². The molecule has 0 aliphatic carbocycles. The van der Waals surface area contributed by atoms with Gasteiger partial charge < -0.3 is 10.1 Å². The maximum atomic E-state index is 12.8. The molecule has 0 aliphatic heterocycles. The summed E-state index contributed by atoms with van der Waals surface area (Å²) in [6, 6.07) is 5.65. The number of ether oxygens (including phenoxy) is 1. The molecule has 18 heavy (non-hydrogen) atoms. The van der Waals surface area contributed by atoms with Crippen LogP contribution in [0.2, 0.25) is 0 Å². The van der Waals surface area contributed by atoms with E-state index < -0.39 is 6.10 Å². The maximum Gasteiger partial charge on any atom is 0.261 e. The van der Waals surface area contributed by atoms with Gasteiger partial charge in [0, 0.05) is 5.54 Å². The fourth-order valence-corrected chi connectivity index (χ4v) is 1.45. The number of benzene rings is 1. The molecule has 0 saturated heterocycles. The summed E-state index contributed by atoms with van der Waals surface area (Å²) in [7, 11) is 0. The lowest BCUT2D eigenvalue weighted by Crippen LogP contribution is -2.47. The normalized spacial score (nSPS) is 12.9. The van der Waals surface area contributed by atoms with E-state index in [4.69, 9.17) is 4.74 Å². The lowest BCUT2D eigenvalue weighted by molar-refractivity contribution is -0.129. The number of rotatable bonds is 4. The number of carbonyl (C=O) groups excluding carboxylic acids is 1. The highest BCUT2D eigenvalue weighted by Crippen LogP contribution is 2.15. The predicted molar refractivity (Wildman–Crippen MR) is 69.0 cm³/mol. The molecule has 1 amide bonds. The lowest BCUT2D eigenvalue weighted by Gasteiger charge is -2.24. The molecule has 0 aliphatic rings. The minimum atomic E-state index is -0.560. The first-order valence-corrected chi connectivity index (χ1v) is 6.06. The van der Waals surface area contributed by atoms with Gasteiger partial charge in [0.05, 0.1) is 0 Å². The Bertz CT molecular complexity index is 395. The zero-order valence-electron chi connectivity index (χ0n) is 11.3. The third-order valence-electron chi connectivity index (χ3n) is 2.25. The van der Waals surface area contributed by atoms with Gasteiger partial charge in [0.15, 0.2) is 6.10 Å². The van der Waals surface area contributed by atoms with Crippen molar-refractivity contribution in [3.8, 4) is 5.75 Å². The average molecular weight is 253 g/mol. The molecule has 0 aromatic heterocycles. The van der Waals surface area contributed by atoms with E-state index in [1.165, 1.54) is 24.3 Å². The van der Waals surface area contributed by atoms with Crippen molar-refractivity contribution in [3.05, 3.63) is 30.1 Å². The second-order valence-electron chi connectivity index (χ2n) is 5.21. The maximum absolute atomic E-state index is 12.8. The smallest absolute Gasteiger partial charge is 0.261 e. The van der Waals surface area contributed by atoms with Crippen LogP contribution >= 0.6 is 0 Å². The third-order valence-corrected chi connectivity index (χ3v) is 2.25. The molecule has 1 unspecified atom stereocenters. The van der Waals surface area contributed by atoms with Crippen LogP contribution in [0.1, 0.15) is 34.1 Å². The highest BCUT2D eigenvalue weighted by Gasteiger charge is 2.22. The molecule has 0 fully saturated rings. The Balaban J connectivity index is 2.67. The second-order valence-corrected chi connectivity index (χ2v) is 5.21. The van der Waals surface area contributed by atoms with Gasteiger partial charge in [0.1, 0.15) is 11.6 Å². The Kier molecular flexibility index (Phi) is 4.70. The van der Waals surface area contributed by atoms with Gasteiger partial charge in [-0.05, 0) is 51.5 Å². The molecule has 3 nitrogen and oxygen atoms in total. The summed E-state index contributed by atoms with van der Waals surface area (Å²) in [4.78, 5) is 12.0. The molecule has 100 valence electrons. The number of hydrogen-bond acceptors (Lipinski definition) is 2. The van der Waals surface area contributed by atoms with Crippen LogP contribution in [-0.2, 0) is 4.79 Å². The fraction of sp³-hybridized carbons (Fsp3) is 0.500.